The maximum atomic E-state index is 10.4. The van der Waals surface area contributed by atoms with Crippen molar-refractivity contribution in [1.82, 2.24) is 0 Å². The van der Waals surface area contributed by atoms with Crippen LogP contribution in [0.3, 0.4) is 0 Å². The maximum Gasteiger partial charge on any atom is 0.308 e. The lowest BCUT2D eigenvalue weighted by Crippen LogP contribution is -1.96. The molecule has 0 aliphatic rings. The van der Waals surface area contributed by atoms with Crippen LogP contribution in [0.2, 0.25) is 0 Å². The van der Waals surface area contributed by atoms with E-state index < -0.39 is 5.97 Å². The average molecular weight is 219 g/mol. The molecule has 0 aliphatic heterocycles. The first-order valence-corrected chi connectivity index (χ1v) is 5.73. The highest BCUT2D eigenvalue weighted by molar-refractivity contribution is 8.40. The van der Waals surface area contributed by atoms with Gasteiger partial charge >= 0.3 is 5.97 Å². The summed E-state index contributed by atoms with van der Waals surface area (Å²) in [5, 5.41) is 8.57. The monoisotopic (exact) mass is 219 g/mol. The van der Waals surface area contributed by atoms with Crippen LogP contribution in [-0.2, 0) is 4.79 Å². The van der Waals surface area contributed by atoms with E-state index in [0.29, 0.717) is 0 Å². The third-order valence-electron chi connectivity index (χ3n) is 1.22. The summed E-state index contributed by atoms with van der Waals surface area (Å²) in [4.78, 5) is 15.3. The van der Waals surface area contributed by atoms with Gasteiger partial charge in [-0.05, 0) is 18.1 Å². The number of allylic oxidation sites excluding steroid dienone is 1. The van der Waals surface area contributed by atoms with Gasteiger partial charge in [0.15, 0.2) is 0 Å². The first kappa shape index (κ1) is 12.6. The zero-order chi connectivity index (χ0) is 10.3. The van der Waals surface area contributed by atoms with Crippen molar-refractivity contribution in [2.45, 2.75) is 13.3 Å². The first-order valence-electron chi connectivity index (χ1n) is 3.69. The topological polar surface area (TPSA) is 49.7 Å². The molecule has 0 saturated heterocycles. The highest BCUT2D eigenvalue weighted by Gasteiger charge is 2.06. The van der Waals surface area contributed by atoms with Crippen molar-refractivity contribution in [3.05, 3.63) is 11.0 Å². The molecule has 0 unspecified atom stereocenters. The molecule has 0 radical (unpaired) electrons. The molecule has 0 aliphatic carbocycles. The van der Waals surface area contributed by atoms with Crippen LogP contribution in [-0.4, -0.2) is 28.8 Å². The summed E-state index contributed by atoms with van der Waals surface area (Å²) >= 11 is 2.93. The van der Waals surface area contributed by atoms with Crippen molar-refractivity contribution in [3.8, 4) is 0 Å². The molecule has 1 N–H and O–H groups in total. The molecule has 0 spiro atoms. The summed E-state index contributed by atoms with van der Waals surface area (Å²) in [5.41, 5.74) is 0. The van der Waals surface area contributed by atoms with Gasteiger partial charge in [0.1, 0.15) is 4.38 Å². The molecule has 74 valence electrons. The van der Waals surface area contributed by atoms with Crippen molar-refractivity contribution in [3.63, 3.8) is 0 Å². The molecule has 0 fully saturated rings. The van der Waals surface area contributed by atoms with Gasteiger partial charge in [-0.1, -0.05) is 17.8 Å². The SMILES string of the molecule is C/C=C(\CC(=O)O)SC(=NC)SC. The molecule has 0 rings (SSSR count). The van der Waals surface area contributed by atoms with Gasteiger partial charge in [0.05, 0.1) is 6.42 Å². The lowest BCUT2D eigenvalue weighted by atomic mass is 10.4. The second-order valence-corrected chi connectivity index (χ2v) is 4.29. The van der Waals surface area contributed by atoms with Crippen LogP contribution in [0, 0.1) is 0 Å². The van der Waals surface area contributed by atoms with Gasteiger partial charge in [0.2, 0.25) is 0 Å². The number of nitrogens with zero attached hydrogens (tertiary/aromatic N) is 1. The number of rotatable bonds is 3. The first-order chi connectivity index (χ1) is 6.13. The van der Waals surface area contributed by atoms with Crippen LogP contribution in [0.4, 0.5) is 0 Å². The summed E-state index contributed by atoms with van der Waals surface area (Å²) in [6, 6.07) is 0. The fourth-order valence-corrected chi connectivity index (χ4v) is 2.10. The number of aliphatic carboxylic acids is 1. The largest absolute Gasteiger partial charge is 0.481 e. The molecule has 0 saturated carbocycles. The van der Waals surface area contributed by atoms with Crippen LogP contribution in [0.1, 0.15) is 13.3 Å². The number of hydrogen-bond acceptors (Lipinski definition) is 4. The summed E-state index contributed by atoms with van der Waals surface area (Å²) in [7, 11) is 1.70. The zero-order valence-electron chi connectivity index (χ0n) is 7.90. The number of aliphatic imine (C=N–C) groups is 1. The fourth-order valence-electron chi connectivity index (χ4n) is 0.637. The number of carboxylic acids is 1. The van der Waals surface area contributed by atoms with Gasteiger partial charge < -0.3 is 5.11 Å². The molecule has 0 heterocycles. The normalized spacial score (nSPS) is 13.2. The lowest BCUT2D eigenvalue weighted by Gasteiger charge is -2.03. The molecule has 5 heteroatoms. The summed E-state index contributed by atoms with van der Waals surface area (Å²) < 4.78 is 0.884. The molecule has 3 nitrogen and oxygen atoms in total. The number of carboxylic acid groups (broad SMARTS) is 1. The highest BCUT2D eigenvalue weighted by atomic mass is 32.2. The summed E-state index contributed by atoms with van der Waals surface area (Å²) in [6.45, 7) is 1.83. The second-order valence-electron chi connectivity index (χ2n) is 2.12. The Hall–Kier alpha value is -0.420. The van der Waals surface area contributed by atoms with Crippen LogP contribution in [0.25, 0.3) is 0 Å². The quantitative estimate of drug-likeness (QED) is 0.585. The third-order valence-corrected chi connectivity index (χ3v) is 3.50. The minimum atomic E-state index is -0.808. The molecular weight excluding hydrogens is 206 g/mol. The Labute approximate surface area is 86.7 Å². The van der Waals surface area contributed by atoms with E-state index in [4.69, 9.17) is 5.11 Å². The minimum absolute atomic E-state index is 0.0702. The Morgan fingerprint density at radius 1 is 1.62 bits per heavy atom. The number of hydrogen-bond donors (Lipinski definition) is 1. The minimum Gasteiger partial charge on any atom is -0.481 e. The van der Waals surface area contributed by atoms with E-state index in [1.54, 1.807) is 13.1 Å². The smallest absolute Gasteiger partial charge is 0.308 e. The van der Waals surface area contributed by atoms with E-state index in [2.05, 4.69) is 4.99 Å². The molecule has 0 atom stereocenters. The number of thioether (sulfide) groups is 2. The van der Waals surface area contributed by atoms with Crippen LogP contribution >= 0.6 is 23.5 Å². The van der Waals surface area contributed by atoms with Crippen molar-refractivity contribution in [2.24, 2.45) is 4.99 Å². The second kappa shape index (κ2) is 7.03. The van der Waals surface area contributed by atoms with Crippen LogP contribution in [0.5, 0.6) is 0 Å². The summed E-state index contributed by atoms with van der Waals surface area (Å²) in [5.74, 6) is -0.808. The standard InChI is InChI=1S/C8H13NO2S2/c1-4-6(5-7(10)11)13-8(9-2)12-3/h4H,5H2,1-3H3,(H,10,11)/b6-4+,9-8?. The predicted octanol–water partition coefficient (Wildman–Crippen LogP) is 2.45. The fraction of sp³-hybridized carbons (Fsp3) is 0.500. The van der Waals surface area contributed by atoms with Gasteiger partial charge in [0, 0.05) is 7.05 Å². The average Bonchev–Trinajstić information content (AvgIpc) is 2.11. The maximum absolute atomic E-state index is 10.4. The van der Waals surface area contributed by atoms with Gasteiger partial charge in [0.25, 0.3) is 0 Å². The molecule has 0 amide bonds. The Kier molecular flexibility index (Phi) is 6.80. The van der Waals surface area contributed by atoms with E-state index in [1.807, 2.05) is 13.2 Å². The van der Waals surface area contributed by atoms with Gasteiger partial charge in [-0.2, -0.15) is 0 Å². The zero-order valence-corrected chi connectivity index (χ0v) is 9.54. The molecular formula is C8H13NO2S2. The summed E-state index contributed by atoms with van der Waals surface area (Å²) in [6.07, 6.45) is 3.80. The van der Waals surface area contributed by atoms with Crippen LogP contribution in [0.15, 0.2) is 16.0 Å². The van der Waals surface area contributed by atoms with Gasteiger partial charge in [-0.25, -0.2) is 0 Å². The molecule has 0 aromatic heterocycles. The highest BCUT2D eigenvalue weighted by Crippen LogP contribution is 2.25. The Balaban J connectivity index is 4.22. The van der Waals surface area contributed by atoms with E-state index in [1.165, 1.54) is 23.5 Å². The number of carbonyl (C=O) groups is 1. The van der Waals surface area contributed by atoms with Gasteiger partial charge in [-0.15, -0.1) is 11.8 Å². The van der Waals surface area contributed by atoms with Gasteiger partial charge in [-0.3, -0.25) is 9.79 Å². The molecule has 13 heavy (non-hydrogen) atoms. The van der Waals surface area contributed by atoms with E-state index >= 15 is 0 Å². The van der Waals surface area contributed by atoms with Crippen molar-refractivity contribution < 1.29 is 9.90 Å². The third kappa shape index (κ3) is 5.76. The Morgan fingerprint density at radius 3 is 2.54 bits per heavy atom. The van der Waals surface area contributed by atoms with E-state index in [9.17, 15) is 4.79 Å². The van der Waals surface area contributed by atoms with E-state index in [0.717, 1.165) is 9.28 Å². The Bertz CT molecular complexity index is 236. The Morgan fingerprint density at radius 2 is 2.23 bits per heavy atom. The molecule has 0 aromatic carbocycles. The van der Waals surface area contributed by atoms with Crippen molar-refractivity contribution >= 4 is 33.9 Å². The molecule has 0 aromatic rings. The van der Waals surface area contributed by atoms with Crippen molar-refractivity contribution in [1.29, 1.82) is 0 Å². The van der Waals surface area contributed by atoms with Crippen molar-refractivity contribution in [2.75, 3.05) is 13.3 Å². The van der Waals surface area contributed by atoms with Crippen LogP contribution < -0.4 is 0 Å². The van der Waals surface area contributed by atoms with E-state index in [-0.39, 0.29) is 6.42 Å². The predicted molar refractivity (Wildman–Crippen MR) is 60.5 cm³/mol. The lowest BCUT2D eigenvalue weighted by molar-refractivity contribution is -0.136. The molecule has 0 bridgehead atoms.